The summed E-state index contributed by atoms with van der Waals surface area (Å²) in [6, 6.07) is 10.0. The summed E-state index contributed by atoms with van der Waals surface area (Å²) in [6.07, 6.45) is 0.504. The SMILES string of the molecule is COc1ccc(S(=O)(=O)N2CCOCC2)cc1CCC(=O)Nc1cc(Cl)ccc1C. The van der Waals surface area contributed by atoms with Gasteiger partial charge in [0.25, 0.3) is 0 Å². The van der Waals surface area contributed by atoms with Crippen LogP contribution in [0.25, 0.3) is 0 Å². The number of halogens is 1. The van der Waals surface area contributed by atoms with Gasteiger partial charge in [0.2, 0.25) is 15.9 Å². The summed E-state index contributed by atoms with van der Waals surface area (Å²) >= 11 is 6.00. The highest BCUT2D eigenvalue weighted by Crippen LogP contribution is 2.27. The highest BCUT2D eigenvalue weighted by molar-refractivity contribution is 7.89. The van der Waals surface area contributed by atoms with E-state index in [4.69, 9.17) is 21.1 Å². The molecule has 1 amide bonds. The van der Waals surface area contributed by atoms with Crippen LogP contribution >= 0.6 is 11.6 Å². The van der Waals surface area contributed by atoms with Crippen LogP contribution in [-0.2, 0) is 26.0 Å². The molecule has 0 spiro atoms. The number of carbonyl (C=O) groups is 1. The molecule has 30 heavy (non-hydrogen) atoms. The lowest BCUT2D eigenvalue weighted by Crippen LogP contribution is -2.40. The zero-order valence-electron chi connectivity index (χ0n) is 17.0. The van der Waals surface area contributed by atoms with Crippen molar-refractivity contribution in [3.05, 3.63) is 52.5 Å². The molecule has 0 saturated carbocycles. The van der Waals surface area contributed by atoms with Crippen molar-refractivity contribution in [3.8, 4) is 5.75 Å². The molecule has 1 heterocycles. The topological polar surface area (TPSA) is 84.9 Å². The highest BCUT2D eigenvalue weighted by atomic mass is 35.5. The molecule has 0 atom stereocenters. The number of nitrogens with zero attached hydrogens (tertiary/aromatic N) is 1. The smallest absolute Gasteiger partial charge is 0.243 e. The van der Waals surface area contributed by atoms with E-state index < -0.39 is 10.0 Å². The van der Waals surface area contributed by atoms with E-state index in [1.165, 1.54) is 17.5 Å². The summed E-state index contributed by atoms with van der Waals surface area (Å²) in [5.74, 6) is 0.353. The van der Waals surface area contributed by atoms with Crippen molar-refractivity contribution in [1.82, 2.24) is 4.31 Å². The third-order valence-corrected chi connectivity index (χ3v) is 7.08. The number of rotatable bonds is 7. The van der Waals surface area contributed by atoms with E-state index >= 15 is 0 Å². The number of benzene rings is 2. The molecule has 1 fully saturated rings. The highest BCUT2D eigenvalue weighted by Gasteiger charge is 2.27. The predicted octanol–water partition coefficient (Wildman–Crippen LogP) is 3.25. The molecule has 3 rings (SSSR count). The Morgan fingerprint density at radius 3 is 2.63 bits per heavy atom. The lowest BCUT2D eigenvalue weighted by Gasteiger charge is -2.26. The Hall–Kier alpha value is -2.13. The molecular weight excluding hydrogens is 428 g/mol. The Labute approximate surface area is 182 Å². The van der Waals surface area contributed by atoms with Crippen molar-refractivity contribution in [1.29, 1.82) is 0 Å². The summed E-state index contributed by atoms with van der Waals surface area (Å²) in [7, 11) is -2.11. The fraction of sp³-hybridized carbons (Fsp3) is 0.381. The second-order valence-electron chi connectivity index (χ2n) is 7.00. The van der Waals surface area contributed by atoms with Crippen molar-refractivity contribution in [3.63, 3.8) is 0 Å². The van der Waals surface area contributed by atoms with Crippen molar-refractivity contribution >= 4 is 33.2 Å². The Morgan fingerprint density at radius 2 is 1.93 bits per heavy atom. The van der Waals surface area contributed by atoms with E-state index in [0.717, 1.165) is 5.56 Å². The van der Waals surface area contributed by atoms with Crippen LogP contribution in [0.1, 0.15) is 17.5 Å². The number of anilines is 1. The largest absolute Gasteiger partial charge is 0.496 e. The Bertz CT molecular complexity index is 1020. The minimum absolute atomic E-state index is 0.170. The summed E-state index contributed by atoms with van der Waals surface area (Å²) in [5, 5.41) is 3.39. The molecule has 2 aromatic carbocycles. The van der Waals surface area contributed by atoms with Gasteiger partial charge in [-0.05, 0) is 54.8 Å². The van der Waals surface area contributed by atoms with Crippen LogP contribution in [0.5, 0.6) is 5.75 Å². The normalized spacial score (nSPS) is 15.0. The molecule has 9 heteroatoms. The molecule has 1 aliphatic heterocycles. The lowest BCUT2D eigenvalue weighted by molar-refractivity contribution is -0.116. The van der Waals surface area contributed by atoms with Gasteiger partial charge in [0, 0.05) is 30.2 Å². The number of hydrogen-bond acceptors (Lipinski definition) is 5. The van der Waals surface area contributed by atoms with Crippen molar-refractivity contribution < 1.29 is 22.7 Å². The monoisotopic (exact) mass is 452 g/mol. The van der Waals surface area contributed by atoms with E-state index in [9.17, 15) is 13.2 Å². The van der Waals surface area contributed by atoms with Crippen LogP contribution in [0.15, 0.2) is 41.3 Å². The molecule has 0 aliphatic carbocycles. The zero-order valence-corrected chi connectivity index (χ0v) is 18.6. The number of carbonyl (C=O) groups excluding carboxylic acids is 1. The van der Waals surface area contributed by atoms with Gasteiger partial charge in [-0.1, -0.05) is 17.7 Å². The van der Waals surface area contributed by atoms with Crippen molar-refractivity contribution in [2.75, 3.05) is 38.7 Å². The molecule has 1 N–H and O–H groups in total. The molecule has 0 radical (unpaired) electrons. The molecule has 162 valence electrons. The Morgan fingerprint density at radius 1 is 1.20 bits per heavy atom. The fourth-order valence-corrected chi connectivity index (χ4v) is 4.87. The third-order valence-electron chi connectivity index (χ3n) is 4.95. The van der Waals surface area contributed by atoms with Gasteiger partial charge in [0.05, 0.1) is 25.2 Å². The molecule has 0 unspecified atom stereocenters. The van der Waals surface area contributed by atoms with E-state index in [0.29, 0.717) is 54.7 Å². The quantitative estimate of drug-likeness (QED) is 0.697. The third kappa shape index (κ3) is 5.31. The first-order chi connectivity index (χ1) is 14.3. The maximum absolute atomic E-state index is 12.9. The number of sulfonamides is 1. The van der Waals surface area contributed by atoms with Gasteiger partial charge in [0.15, 0.2) is 0 Å². The molecule has 0 bridgehead atoms. The predicted molar refractivity (Wildman–Crippen MR) is 116 cm³/mol. The maximum atomic E-state index is 12.9. The molecule has 0 aromatic heterocycles. The molecule has 1 saturated heterocycles. The van der Waals surface area contributed by atoms with Crippen LogP contribution in [0.3, 0.4) is 0 Å². The number of morpholine rings is 1. The van der Waals surface area contributed by atoms with Gasteiger partial charge in [0.1, 0.15) is 5.75 Å². The first kappa shape index (κ1) is 22.6. The standard InChI is InChI=1S/C21H25ClN2O5S/c1-15-3-5-17(22)14-19(15)23-21(25)8-4-16-13-18(6-7-20(16)28-2)30(26,27)24-9-11-29-12-10-24/h3,5-7,13-14H,4,8-12H2,1-2H3,(H,23,25). The van der Waals surface area contributed by atoms with E-state index in [1.54, 1.807) is 24.3 Å². The summed E-state index contributed by atoms with van der Waals surface area (Å²) in [4.78, 5) is 12.6. The molecule has 1 aliphatic rings. The van der Waals surface area contributed by atoms with E-state index in [2.05, 4.69) is 5.32 Å². The molecule has 7 nitrogen and oxygen atoms in total. The summed E-state index contributed by atoms with van der Waals surface area (Å²) in [6.45, 7) is 3.29. The second kappa shape index (κ2) is 9.78. The lowest BCUT2D eigenvalue weighted by atomic mass is 10.1. The van der Waals surface area contributed by atoms with Crippen LogP contribution in [0.4, 0.5) is 5.69 Å². The average molecular weight is 453 g/mol. The average Bonchev–Trinajstić information content (AvgIpc) is 2.75. The number of ether oxygens (including phenoxy) is 2. The fourth-order valence-electron chi connectivity index (χ4n) is 3.24. The van der Waals surface area contributed by atoms with Gasteiger partial charge >= 0.3 is 0 Å². The number of nitrogens with one attached hydrogen (secondary N) is 1. The van der Waals surface area contributed by atoms with Crippen molar-refractivity contribution in [2.45, 2.75) is 24.7 Å². The first-order valence-electron chi connectivity index (χ1n) is 9.62. The minimum atomic E-state index is -3.62. The Balaban J connectivity index is 1.74. The van der Waals surface area contributed by atoms with Crippen LogP contribution in [0, 0.1) is 6.92 Å². The number of aryl methyl sites for hydroxylation is 2. The number of hydrogen-bond donors (Lipinski definition) is 1. The summed E-state index contributed by atoms with van der Waals surface area (Å²) < 4.78 is 37.9. The van der Waals surface area contributed by atoms with E-state index in [1.807, 2.05) is 13.0 Å². The number of methoxy groups -OCH3 is 1. The van der Waals surface area contributed by atoms with Gasteiger partial charge < -0.3 is 14.8 Å². The number of amides is 1. The van der Waals surface area contributed by atoms with E-state index in [-0.39, 0.29) is 17.2 Å². The van der Waals surface area contributed by atoms with Gasteiger partial charge in [-0.15, -0.1) is 0 Å². The van der Waals surface area contributed by atoms with Crippen molar-refractivity contribution in [2.24, 2.45) is 0 Å². The Kier molecular flexibility index (Phi) is 7.36. The van der Waals surface area contributed by atoms with Gasteiger partial charge in [-0.3, -0.25) is 4.79 Å². The first-order valence-corrected chi connectivity index (χ1v) is 11.4. The van der Waals surface area contributed by atoms with Crippen LogP contribution in [-0.4, -0.2) is 52.0 Å². The molecular formula is C21H25ClN2O5S. The van der Waals surface area contributed by atoms with Crippen LogP contribution in [0.2, 0.25) is 5.02 Å². The van der Waals surface area contributed by atoms with Gasteiger partial charge in [-0.25, -0.2) is 8.42 Å². The van der Waals surface area contributed by atoms with Gasteiger partial charge in [-0.2, -0.15) is 4.31 Å². The molecule has 2 aromatic rings. The minimum Gasteiger partial charge on any atom is -0.496 e. The summed E-state index contributed by atoms with van der Waals surface area (Å²) in [5.41, 5.74) is 2.22. The second-order valence-corrected chi connectivity index (χ2v) is 9.37. The maximum Gasteiger partial charge on any atom is 0.243 e. The zero-order chi connectivity index (χ0) is 21.7. The van der Waals surface area contributed by atoms with Crippen LogP contribution < -0.4 is 10.1 Å².